The average molecular weight is 417 g/mol. The molecule has 1 unspecified atom stereocenters. The predicted octanol–water partition coefficient (Wildman–Crippen LogP) is 1.63. The van der Waals surface area contributed by atoms with Gasteiger partial charge in [-0.15, -0.1) is 0 Å². The fourth-order valence-electron chi connectivity index (χ4n) is 4.85. The molecule has 3 aliphatic heterocycles. The fourth-order valence-corrected chi connectivity index (χ4v) is 4.85. The van der Waals surface area contributed by atoms with Gasteiger partial charge >= 0.3 is 0 Å². The number of aliphatic imine (C=N–C) groups is 1. The van der Waals surface area contributed by atoms with Gasteiger partial charge in [-0.1, -0.05) is 6.07 Å². The highest BCUT2D eigenvalue weighted by Gasteiger charge is 2.36. The molecule has 0 aromatic heterocycles. The van der Waals surface area contributed by atoms with Crippen molar-refractivity contribution >= 4 is 11.9 Å². The Morgan fingerprint density at radius 3 is 2.87 bits per heavy atom. The molecule has 164 valence electrons. The Hall–Kier alpha value is -2.48. The van der Waals surface area contributed by atoms with Crippen molar-refractivity contribution in [1.82, 2.24) is 10.2 Å². The van der Waals surface area contributed by atoms with E-state index in [1.165, 1.54) is 5.56 Å². The first kappa shape index (κ1) is 20.8. The molecule has 0 bridgehead atoms. The number of nitrogens with one attached hydrogen (secondary N) is 1. The molecule has 2 fully saturated rings. The van der Waals surface area contributed by atoms with Crippen LogP contribution in [0.2, 0.25) is 0 Å². The molecule has 30 heavy (non-hydrogen) atoms. The van der Waals surface area contributed by atoms with Crippen LogP contribution in [0.5, 0.6) is 11.5 Å². The molecule has 0 spiro atoms. The molecule has 3 heterocycles. The summed E-state index contributed by atoms with van der Waals surface area (Å²) in [5.74, 6) is 2.57. The molecular formula is C22H32N4O4. The van der Waals surface area contributed by atoms with Crippen LogP contribution in [0.4, 0.5) is 0 Å². The van der Waals surface area contributed by atoms with E-state index in [-0.39, 0.29) is 18.1 Å². The summed E-state index contributed by atoms with van der Waals surface area (Å²) in [7, 11) is 1.82. The van der Waals surface area contributed by atoms with E-state index >= 15 is 0 Å². The lowest BCUT2D eigenvalue weighted by atomic mass is 9.74. The number of primary amides is 1. The number of likely N-dealkylation sites (tertiary alicyclic amines) is 1. The van der Waals surface area contributed by atoms with Crippen LogP contribution < -0.4 is 20.5 Å². The minimum Gasteiger partial charge on any atom is -0.454 e. The maximum atomic E-state index is 11.4. The van der Waals surface area contributed by atoms with Gasteiger partial charge in [0.05, 0.1) is 0 Å². The van der Waals surface area contributed by atoms with Gasteiger partial charge in [0.2, 0.25) is 12.7 Å². The van der Waals surface area contributed by atoms with Crippen LogP contribution in [0, 0.1) is 5.92 Å². The van der Waals surface area contributed by atoms with Crippen molar-refractivity contribution in [2.45, 2.75) is 37.5 Å². The van der Waals surface area contributed by atoms with Crippen LogP contribution in [0.25, 0.3) is 0 Å². The number of rotatable bonds is 5. The van der Waals surface area contributed by atoms with Gasteiger partial charge in [-0.25, -0.2) is 0 Å². The van der Waals surface area contributed by atoms with Gasteiger partial charge < -0.3 is 30.2 Å². The highest BCUT2D eigenvalue weighted by molar-refractivity contribution is 5.80. The van der Waals surface area contributed by atoms with Crippen molar-refractivity contribution in [3.63, 3.8) is 0 Å². The van der Waals surface area contributed by atoms with Gasteiger partial charge in [0, 0.05) is 51.7 Å². The molecule has 4 rings (SSSR count). The Bertz CT molecular complexity index is 791. The van der Waals surface area contributed by atoms with Gasteiger partial charge in [-0.05, 0) is 49.3 Å². The number of amides is 1. The summed E-state index contributed by atoms with van der Waals surface area (Å²) in [5.41, 5.74) is 6.60. The van der Waals surface area contributed by atoms with E-state index in [1.54, 1.807) is 0 Å². The first-order chi connectivity index (χ1) is 14.6. The largest absolute Gasteiger partial charge is 0.454 e. The lowest BCUT2D eigenvalue weighted by Gasteiger charge is -2.40. The summed E-state index contributed by atoms with van der Waals surface area (Å²) in [6.45, 7) is 4.26. The summed E-state index contributed by atoms with van der Waals surface area (Å²) in [6.07, 6.45) is 4.38. The van der Waals surface area contributed by atoms with E-state index in [9.17, 15) is 4.79 Å². The third-order valence-electron chi connectivity index (χ3n) is 6.54. The van der Waals surface area contributed by atoms with Gasteiger partial charge in [0.25, 0.3) is 0 Å². The number of carbonyl (C=O) groups is 1. The number of ether oxygens (including phenoxy) is 3. The lowest BCUT2D eigenvalue weighted by molar-refractivity contribution is -0.119. The average Bonchev–Trinajstić information content (AvgIpc) is 3.23. The minimum absolute atomic E-state index is 0.0580. The summed E-state index contributed by atoms with van der Waals surface area (Å²) < 4.78 is 16.8. The van der Waals surface area contributed by atoms with Crippen molar-refractivity contribution < 1.29 is 19.0 Å². The van der Waals surface area contributed by atoms with E-state index in [0.29, 0.717) is 12.3 Å². The minimum atomic E-state index is -0.228. The van der Waals surface area contributed by atoms with Crippen LogP contribution >= 0.6 is 0 Å². The lowest BCUT2D eigenvalue weighted by Crippen LogP contribution is -2.51. The van der Waals surface area contributed by atoms with E-state index in [0.717, 1.165) is 76.0 Å². The fraction of sp³-hybridized carbons (Fsp3) is 0.636. The van der Waals surface area contributed by atoms with Gasteiger partial charge in [0.15, 0.2) is 17.5 Å². The summed E-state index contributed by atoms with van der Waals surface area (Å²) >= 11 is 0. The van der Waals surface area contributed by atoms with Crippen molar-refractivity contribution in [3.8, 4) is 11.5 Å². The summed E-state index contributed by atoms with van der Waals surface area (Å²) in [4.78, 5) is 18.1. The number of carbonyl (C=O) groups excluding carboxylic acids is 1. The Kier molecular flexibility index (Phi) is 6.32. The van der Waals surface area contributed by atoms with Crippen LogP contribution in [-0.4, -0.2) is 63.5 Å². The molecule has 8 heteroatoms. The number of nitrogens with two attached hydrogens (primary N) is 1. The highest BCUT2D eigenvalue weighted by Crippen LogP contribution is 2.40. The molecular weight excluding hydrogens is 384 g/mol. The number of benzene rings is 1. The summed E-state index contributed by atoms with van der Waals surface area (Å²) in [5, 5.41) is 3.62. The Balaban J connectivity index is 1.47. The van der Waals surface area contributed by atoms with Crippen molar-refractivity contribution in [1.29, 1.82) is 0 Å². The molecule has 0 aliphatic carbocycles. The van der Waals surface area contributed by atoms with Gasteiger partial charge in [-0.2, -0.15) is 0 Å². The third-order valence-corrected chi connectivity index (χ3v) is 6.54. The van der Waals surface area contributed by atoms with Crippen LogP contribution in [0.3, 0.4) is 0 Å². The first-order valence-corrected chi connectivity index (χ1v) is 10.8. The SMILES string of the molecule is CN=C(NCC1(c2ccc3c(c2)OCO3)CCOCC1)N1CCCC(CC(N)=O)C1. The maximum Gasteiger partial charge on any atom is 0.231 e. The molecule has 0 saturated carbocycles. The molecule has 3 N–H and O–H groups in total. The Labute approximate surface area is 177 Å². The topological polar surface area (TPSA) is 98.4 Å². The second-order valence-electron chi connectivity index (χ2n) is 8.49. The molecule has 1 amide bonds. The molecule has 8 nitrogen and oxygen atoms in total. The second kappa shape index (κ2) is 9.12. The molecule has 3 aliphatic rings. The Morgan fingerprint density at radius 1 is 1.30 bits per heavy atom. The zero-order chi connectivity index (χ0) is 21.0. The quantitative estimate of drug-likeness (QED) is 0.559. The molecule has 1 aromatic carbocycles. The van der Waals surface area contributed by atoms with Gasteiger partial charge in [-0.3, -0.25) is 9.79 Å². The normalized spacial score (nSPS) is 23.3. The number of nitrogens with zero attached hydrogens (tertiary/aromatic N) is 2. The number of hydrogen-bond donors (Lipinski definition) is 2. The standard InChI is InChI=1S/C22H32N4O4/c1-24-21(26-8-2-3-16(13-26)11-20(23)27)25-14-22(6-9-28-10-7-22)17-4-5-18-19(12-17)30-15-29-18/h4-5,12,16H,2-3,6-11,13-15H2,1H3,(H2,23,27)(H,24,25). The molecule has 2 saturated heterocycles. The zero-order valence-corrected chi connectivity index (χ0v) is 17.7. The van der Waals surface area contributed by atoms with E-state index in [1.807, 2.05) is 13.1 Å². The van der Waals surface area contributed by atoms with E-state index < -0.39 is 0 Å². The van der Waals surface area contributed by atoms with E-state index in [4.69, 9.17) is 19.9 Å². The first-order valence-electron chi connectivity index (χ1n) is 10.8. The zero-order valence-electron chi connectivity index (χ0n) is 17.7. The van der Waals surface area contributed by atoms with Crippen LogP contribution in [0.1, 0.15) is 37.7 Å². The second-order valence-corrected chi connectivity index (χ2v) is 8.49. The smallest absolute Gasteiger partial charge is 0.231 e. The Morgan fingerprint density at radius 2 is 2.10 bits per heavy atom. The molecule has 0 radical (unpaired) electrons. The van der Waals surface area contributed by atoms with Crippen LogP contribution in [0.15, 0.2) is 23.2 Å². The number of fused-ring (bicyclic) bond motifs is 1. The van der Waals surface area contributed by atoms with Gasteiger partial charge in [0.1, 0.15) is 0 Å². The number of hydrogen-bond acceptors (Lipinski definition) is 5. The van der Waals surface area contributed by atoms with Crippen molar-refractivity contribution in [3.05, 3.63) is 23.8 Å². The molecule has 1 atom stereocenters. The van der Waals surface area contributed by atoms with E-state index in [2.05, 4.69) is 27.3 Å². The third kappa shape index (κ3) is 4.48. The van der Waals surface area contributed by atoms with Crippen molar-refractivity contribution in [2.24, 2.45) is 16.6 Å². The highest BCUT2D eigenvalue weighted by atomic mass is 16.7. The predicted molar refractivity (Wildman–Crippen MR) is 114 cm³/mol. The molecule has 1 aromatic rings. The number of piperidine rings is 1. The van der Waals surface area contributed by atoms with Crippen molar-refractivity contribution in [2.75, 3.05) is 46.7 Å². The monoisotopic (exact) mass is 416 g/mol. The number of guanidine groups is 1. The van der Waals surface area contributed by atoms with Crippen LogP contribution in [-0.2, 0) is 14.9 Å². The summed E-state index contributed by atoms with van der Waals surface area (Å²) in [6, 6.07) is 6.26. The maximum absolute atomic E-state index is 11.4.